The van der Waals surface area contributed by atoms with Gasteiger partial charge in [0.15, 0.2) is 0 Å². The van der Waals surface area contributed by atoms with E-state index in [0.29, 0.717) is 24.9 Å². The molecule has 0 spiro atoms. The monoisotopic (exact) mass is 248 g/mol. The highest BCUT2D eigenvalue weighted by Gasteiger charge is 2.34. The summed E-state index contributed by atoms with van der Waals surface area (Å²) in [7, 11) is 0. The van der Waals surface area contributed by atoms with Crippen LogP contribution in [0.3, 0.4) is 0 Å². The van der Waals surface area contributed by atoms with E-state index in [-0.39, 0.29) is 5.91 Å². The van der Waals surface area contributed by atoms with Gasteiger partial charge in [0, 0.05) is 12.5 Å². The Hall–Kier alpha value is -1.29. The van der Waals surface area contributed by atoms with Gasteiger partial charge in [-0.2, -0.15) is 0 Å². The molecule has 0 atom stereocenters. The molecule has 1 amide bonds. The molecule has 1 saturated carbocycles. The van der Waals surface area contributed by atoms with Gasteiger partial charge in [0.2, 0.25) is 5.91 Å². The highest BCUT2D eigenvalue weighted by molar-refractivity contribution is 5.77. The van der Waals surface area contributed by atoms with E-state index in [1.807, 2.05) is 24.0 Å². The van der Waals surface area contributed by atoms with Crippen LogP contribution >= 0.6 is 0 Å². The van der Waals surface area contributed by atoms with Crippen molar-refractivity contribution in [2.24, 2.45) is 5.92 Å². The first-order chi connectivity index (χ1) is 8.72. The van der Waals surface area contributed by atoms with Crippen LogP contribution in [0.1, 0.15) is 30.8 Å². The summed E-state index contributed by atoms with van der Waals surface area (Å²) in [6.07, 6.45) is 2.98. The number of hydrogen-bond acceptors (Lipinski definition) is 3. The van der Waals surface area contributed by atoms with Gasteiger partial charge < -0.3 is 14.6 Å². The predicted octanol–water partition coefficient (Wildman–Crippen LogP) is 1.69. The Morgan fingerprint density at radius 1 is 1.44 bits per heavy atom. The second-order valence-corrected chi connectivity index (χ2v) is 5.49. The summed E-state index contributed by atoms with van der Waals surface area (Å²) in [5, 5.41) is 3.21. The smallest absolute Gasteiger partial charge is 0.223 e. The normalized spacial score (nSPS) is 19.6. The molecule has 1 N–H and O–H groups in total. The van der Waals surface area contributed by atoms with E-state index in [4.69, 9.17) is 4.42 Å². The zero-order chi connectivity index (χ0) is 12.5. The summed E-state index contributed by atoms with van der Waals surface area (Å²) in [6.45, 7) is 4.55. The molecule has 0 unspecified atom stereocenters. The lowest BCUT2D eigenvalue weighted by molar-refractivity contribution is -0.134. The molecule has 0 radical (unpaired) electrons. The van der Waals surface area contributed by atoms with Gasteiger partial charge in [0.05, 0.1) is 6.54 Å². The molecule has 98 valence electrons. The first-order valence-corrected chi connectivity index (χ1v) is 6.78. The summed E-state index contributed by atoms with van der Waals surface area (Å²) in [5.41, 5.74) is 0. The summed E-state index contributed by atoms with van der Waals surface area (Å²) >= 11 is 0. The quantitative estimate of drug-likeness (QED) is 0.862. The van der Waals surface area contributed by atoms with Gasteiger partial charge in [0.25, 0.3) is 0 Å². The van der Waals surface area contributed by atoms with Gasteiger partial charge in [-0.05, 0) is 50.9 Å². The first kappa shape index (κ1) is 11.8. The molecule has 4 heteroatoms. The van der Waals surface area contributed by atoms with Crippen LogP contribution in [-0.2, 0) is 11.3 Å². The van der Waals surface area contributed by atoms with E-state index in [9.17, 15) is 4.79 Å². The summed E-state index contributed by atoms with van der Waals surface area (Å²) in [4.78, 5) is 14.3. The van der Waals surface area contributed by atoms with Crippen LogP contribution in [-0.4, -0.2) is 29.9 Å². The van der Waals surface area contributed by atoms with Gasteiger partial charge in [-0.1, -0.05) is 0 Å². The van der Waals surface area contributed by atoms with Gasteiger partial charge >= 0.3 is 0 Å². The average molecular weight is 248 g/mol. The van der Waals surface area contributed by atoms with E-state index in [1.54, 1.807) is 0 Å². The van der Waals surface area contributed by atoms with Gasteiger partial charge in [-0.25, -0.2) is 0 Å². The van der Waals surface area contributed by atoms with Crippen LogP contribution in [0.15, 0.2) is 16.5 Å². The van der Waals surface area contributed by atoms with E-state index in [2.05, 4.69) is 5.32 Å². The van der Waals surface area contributed by atoms with Gasteiger partial charge in [-0.15, -0.1) is 0 Å². The third-order valence-electron chi connectivity index (χ3n) is 3.76. The molecule has 1 aromatic heterocycles. The lowest BCUT2D eigenvalue weighted by atomic mass is 9.98. The summed E-state index contributed by atoms with van der Waals surface area (Å²) in [6, 6.07) is 4.39. The number of nitrogens with zero attached hydrogens (tertiary/aromatic N) is 1. The minimum Gasteiger partial charge on any atom is -0.464 e. The number of amides is 1. The van der Waals surface area contributed by atoms with E-state index in [1.165, 1.54) is 0 Å². The van der Waals surface area contributed by atoms with Crippen LogP contribution in [0.5, 0.6) is 0 Å². The molecule has 18 heavy (non-hydrogen) atoms. The Morgan fingerprint density at radius 2 is 2.22 bits per heavy atom. The van der Waals surface area contributed by atoms with Crippen LogP contribution in [0, 0.1) is 12.8 Å². The lowest BCUT2D eigenvalue weighted by Crippen LogP contribution is -2.45. The van der Waals surface area contributed by atoms with Crippen molar-refractivity contribution in [2.45, 2.75) is 38.8 Å². The Morgan fingerprint density at radius 3 is 2.72 bits per heavy atom. The topological polar surface area (TPSA) is 45.5 Å². The number of carbonyl (C=O) groups is 1. The lowest BCUT2D eigenvalue weighted by Gasteiger charge is -2.29. The molecule has 4 nitrogen and oxygen atoms in total. The molecule has 2 heterocycles. The second kappa shape index (κ2) is 4.76. The molecule has 0 aromatic carbocycles. The SMILES string of the molecule is Cc1ccc(CN(C(=O)CC2CNC2)C2CC2)o1. The number of carbonyl (C=O) groups excluding carboxylic acids is 1. The van der Waals surface area contributed by atoms with Crippen molar-refractivity contribution in [2.75, 3.05) is 13.1 Å². The Bertz CT molecular complexity index is 433. The third kappa shape index (κ3) is 2.58. The molecule has 1 aromatic rings. The number of aryl methyl sites for hydroxylation is 1. The highest BCUT2D eigenvalue weighted by atomic mass is 16.3. The van der Waals surface area contributed by atoms with Gasteiger partial charge in [0.1, 0.15) is 11.5 Å². The molecular weight excluding hydrogens is 228 g/mol. The van der Waals surface area contributed by atoms with Crippen molar-refractivity contribution in [1.82, 2.24) is 10.2 Å². The highest BCUT2D eigenvalue weighted by Crippen LogP contribution is 2.30. The predicted molar refractivity (Wildman–Crippen MR) is 68.0 cm³/mol. The summed E-state index contributed by atoms with van der Waals surface area (Å²) < 4.78 is 5.58. The maximum absolute atomic E-state index is 12.3. The molecule has 2 fully saturated rings. The van der Waals surface area contributed by atoms with Crippen LogP contribution in [0.4, 0.5) is 0 Å². The second-order valence-electron chi connectivity index (χ2n) is 5.49. The van der Waals surface area contributed by atoms with Crippen molar-refractivity contribution in [3.05, 3.63) is 23.7 Å². The van der Waals surface area contributed by atoms with Crippen LogP contribution in [0.25, 0.3) is 0 Å². The van der Waals surface area contributed by atoms with Crippen LogP contribution in [0.2, 0.25) is 0 Å². The van der Waals surface area contributed by atoms with E-state index >= 15 is 0 Å². The zero-order valence-electron chi connectivity index (χ0n) is 10.8. The fourth-order valence-electron chi connectivity index (χ4n) is 2.40. The number of hydrogen-bond donors (Lipinski definition) is 1. The number of nitrogens with one attached hydrogen (secondary N) is 1. The molecule has 2 aliphatic rings. The molecule has 3 rings (SSSR count). The fraction of sp³-hybridized carbons (Fsp3) is 0.643. The maximum atomic E-state index is 12.3. The van der Waals surface area contributed by atoms with Gasteiger partial charge in [-0.3, -0.25) is 4.79 Å². The molecule has 1 aliphatic carbocycles. The summed E-state index contributed by atoms with van der Waals surface area (Å²) in [5.74, 6) is 2.64. The third-order valence-corrected chi connectivity index (χ3v) is 3.76. The fourth-order valence-corrected chi connectivity index (χ4v) is 2.40. The Labute approximate surface area is 107 Å². The maximum Gasteiger partial charge on any atom is 0.223 e. The average Bonchev–Trinajstić information content (AvgIpc) is 3.04. The van der Waals surface area contributed by atoms with Crippen LogP contribution < -0.4 is 5.32 Å². The van der Waals surface area contributed by atoms with Crippen molar-refractivity contribution < 1.29 is 9.21 Å². The Kier molecular flexibility index (Phi) is 3.12. The number of rotatable bonds is 5. The zero-order valence-corrected chi connectivity index (χ0v) is 10.8. The van der Waals surface area contributed by atoms with E-state index < -0.39 is 0 Å². The standard InChI is InChI=1S/C14H20N2O2/c1-10-2-5-13(18-10)9-16(12-3-4-12)14(17)6-11-7-15-8-11/h2,5,11-12,15H,3-4,6-9H2,1H3. The molecular formula is C14H20N2O2. The van der Waals surface area contributed by atoms with Crippen molar-refractivity contribution in [1.29, 1.82) is 0 Å². The Balaban J connectivity index is 1.62. The minimum atomic E-state index is 0.290. The van der Waals surface area contributed by atoms with Crippen molar-refractivity contribution in [3.63, 3.8) is 0 Å². The van der Waals surface area contributed by atoms with E-state index in [0.717, 1.165) is 37.5 Å². The molecule has 0 bridgehead atoms. The minimum absolute atomic E-state index is 0.290. The molecule has 1 saturated heterocycles. The number of furan rings is 1. The van der Waals surface area contributed by atoms with Crippen molar-refractivity contribution in [3.8, 4) is 0 Å². The van der Waals surface area contributed by atoms with Crippen molar-refractivity contribution >= 4 is 5.91 Å². The molecule has 1 aliphatic heterocycles. The first-order valence-electron chi connectivity index (χ1n) is 6.78. The largest absolute Gasteiger partial charge is 0.464 e.